The minimum atomic E-state index is 0. The Balaban J connectivity index is 0.00000324. The molecular formula is C13H27IN4O. The highest BCUT2D eigenvalue weighted by atomic mass is 127. The summed E-state index contributed by atoms with van der Waals surface area (Å²) in [6.07, 6.45) is 6.19. The maximum absolute atomic E-state index is 5.76. The zero-order valence-corrected chi connectivity index (χ0v) is 14.1. The van der Waals surface area contributed by atoms with E-state index in [1.54, 1.807) is 0 Å². The molecule has 0 atom stereocenters. The normalized spacial score (nSPS) is 17.4. The summed E-state index contributed by atoms with van der Waals surface area (Å²) in [5.41, 5.74) is 5.76. The Morgan fingerprint density at radius 3 is 2.84 bits per heavy atom. The first kappa shape index (κ1) is 18.7. The first-order valence-corrected chi connectivity index (χ1v) is 6.78. The van der Waals surface area contributed by atoms with Crippen molar-refractivity contribution >= 4 is 29.9 Å². The zero-order valence-electron chi connectivity index (χ0n) is 11.8. The van der Waals surface area contributed by atoms with Crippen LogP contribution in [0.25, 0.3) is 0 Å². The van der Waals surface area contributed by atoms with E-state index in [4.69, 9.17) is 10.5 Å². The summed E-state index contributed by atoms with van der Waals surface area (Å²) in [5, 5.41) is 3.10. The van der Waals surface area contributed by atoms with Gasteiger partial charge in [0.05, 0.1) is 13.2 Å². The van der Waals surface area contributed by atoms with Crippen LogP contribution < -0.4 is 11.1 Å². The minimum Gasteiger partial charge on any atom is -0.379 e. The number of guanidine groups is 1. The van der Waals surface area contributed by atoms with Gasteiger partial charge in [-0.05, 0) is 19.8 Å². The van der Waals surface area contributed by atoms with Gasteiger partial charge in [0.15, 0.2) is 5.96 Å². The highest BCUT2D eigenvalue weighted by Crippen LogP contribution is 1.97. The molecule has 0 saturated carbocycles. The number of ether oxygens (including phenoxy) is 1. The fourth-order valence-electron chi connectivity index (χ4n) is 1.82. The summed E-state index contributed by atoms with van der Waals surface area (Å²) in [7, 11) is 0. The Morgan fingerprint density at radius 1 is 1.42 bits per heavy atom. The van der Waals surface area contributed by atoms with Crippen molar-refractivity contribution in [2.45, 2.75) is 19.8 Å². The molecule has 3 N–H and O–H groups in total. The average molecular weight is 382 g/mol. The Labute approximate surface area is 133 Å². The predicted molar refractivity (Wildman–Crippen MR) is 91.2 cm³/mol. The van der Waals surface area contributed by atoms with Crippen molar-refractivity contribution in [2.75, 3.05) is 45.9 Å². The second-order valence-corrected chi connectivity index (χ2v) is 4.36. The summed E-state index contributed by atoms with van der Waals surface area (Å²) < 4.78 is 5.30. The lowest BCUT2D eigenvalue weighted by molar-refractivity contribution is 0.0377. The van der Waals surface area contributed by atoms with Gasteiger partial charge in [-0.25, -0.2) is 0 Å². The molecule has 0 spiro atoms. The topological polar surface area (TPSA) is 62.9 Å². The number of halogens is 1. The summed E-state index contributed by atoms with van der Waals surface area (Å²) in [4.78, 5) is 6.72. The molecule has 0 aromatic carbocycles. The van der Waals surface area contributed by atoms with Crippen molar-refractivity contribution in [3.63, 3.8) is 0 Å². The van der Waals surface area contributed by atoms with Crippen LogP contribution in [-0.2, 0) is 4.74 Å². The molecular weight excluding hydrogens is 355 g/mol. The maximum Gasteiger partial charge on any atom is 0.188 e. The van der Waals surface area contributed by atoms with Crippen LogP contribution in [0.3, 0.4) is 0 Å². The molecule has 0 radical (unpaired) electrons. The van der Waals surface area contributed by atoms with Gasteiger partial charge in [0.2, 0.25) is 0 Å². The SMILES string of the molecule is CC=CCCNC(N)=NCCCN1CCOCC1.I. The number of hydrogen-bond acceptors (Lipinski definition) is 3. The summed E-state index contributed by atoms with van der Waals surface area (Å²) in [6, 6.07) is 0. The van der Waals surface area contributed by atoms with Crippen molar-refractivity contribution in [1.29, 1.82) is 0 Å². The first-order chi connectivity index (χ1) is 8.83. The van der Waals surface area contributed by atoms with E-state index in [9.17, 15) is 0 Å². The lowest BCUT2D eigenvalue weighted by Crippen LogP contribution is -2.37. The number of nitrogens with one attached hydrogen (secondary N) is 1. The second kappa shape index (κ2) is 12.7. The Morgan fingerprint density at radius 2 is 2.16 bits per heavy atom. The highest BCUT2D eigenvalue weighted by molar-refractivity contribution is 14.0. The van der Waals surface area contributed by atoms with Crippen molar-refractivity contribution in [1.82, 2.24) is 10.2 Å². The second-order valence-electron chi connectivity index (χ2n) is 4.36. The number of nitrogens with zero attached hydrogens (tertiary/aromatic N) is 2. The summed E-state index contributed by atoms with van der Waals surface area (Å²) in [5.74, 6) is 0.557. The van der Waals surface area contributed by atoms with E-state index in [0.29, 0.717) is 5.96 Å². The zero-order chi connectivity index (χ0) is 13.1. The summed E-state index contributed by atoms with van der Waals surface area (Å²) in [6.45, 7) is 8.54. The summed E-state index contributed by atoms with van der Waals surface area (Å²) >= 11 is 0. The molecule has 0 bridgehead atoms. The van der Waals surface area contributed by atoms with Gasteiger partial charge in [-0.1, -0.05) is 12.2 Å². The monoisotopic (exact) mass is 382 g/mol. The minimum absolute atomic E-state index is 0. The lowest BCUT2D eigenvalue weighted by Gasteiger charge is -2.26. The van der Waals surface area contributed by atoms with Crippen LogP contribution in [0.15, 0.2) is 17.1 Å². The van der Waals surface area contributed by atoms with E-state index in [1.807, 2.05) is 13.0 Å². The Hall–Kier alpha value is -0.340. The highest BCUT2D eigenvalue weighted by Gasteiger charge is 2.08. The molecule has 1 aliphatic heterocycles. The van der Waals surface area contributed by atoms with Gasteiger partial charge in [-0.2, -0.15) is 0 Å². The Bertz CT molecular complexity index is 265. The smallest absolute Gasteiger partial charge is 0.188 e. The number of hydrogen-bond donors (Lipinski definition) is 2. The van der Waals surface area contributed by atoms with Gasteiger partial charge >= 0.3 is 0 Å². The van der Waals surface area contributed by atoms with Crippen LogP contribution in [0.1, 0.15) is 19.8 Å². The molecule has 0 aromatic heterocycles. The molecule has 5 nitrogen and oxygen atoms in total. The average Bonchev–Trinajstić information content (AvgIpc) is 2.41. The standard InChI is InChI=1S/C13H26N4O.HI/c1-2-3-4-6-15-13(14)16-7-5-8-17-9-11-18-12-10-17;/h2-3H,4-12H2,1H3,(H3,14,15,16);1H. The van der Waals surface area contributed by atoms with E-state index >= 15 is 0 Å². The van der Waals surface area contributed by atoms with E-state index in [2.05, 4.69) is 21.3 Å². The van der Waals surface area contributed by atoms with Gasteiger partial charge in [0.25, 0.3) is 0 Å². The van der Waals surface area contributed by atoms with E-state index in [-0.39, 0.29) is 24.0 Å². The third-order valence-corrected chi connectivity index (χ3v) is 2.87. The lowest BCUT2D eigenvalue weighted by atomic mass is 10.3. The molecule has 0 amide bonds. The molecule has 1 aliphatic rings. The van der Waals surface area contributed by atoms with Gasteiger partial charge in [-0.3, -0.25) is 9.89 Å². The number of morpholine rings is 1. The van der Waals surface area contributed by atoms with Crippen LogP contribution in [0.2, 0.25) is 0 Å². The number of allylic oxidation sites excluding steroid dienone is 1. The largest absolute Gasteiger partial charge is 0.379 e. The molecule has 19 heavy (non-hydrogen) atoms. The van der Waals surface area contributed by atoms with E-state index in [1.165, 1.54) is 0 Å². The third-order valence-electron chi connectivity index (χ3n) is 2.87. The molecule has 0 unspecified atom stereocenters. The first-order valence-electron chi connectivity index (χ1n) is 6.78. The quantitative estimate of drug-likeness (QED) is 0.228. The molecule has 1 fully saturated rings. The predicted octanol–water partition coefficient (Wildman–Crippen LogP) is 1.20. The molecule has 112 valence electrons. The van der Waals surface area contributed by atoms with Crippen LogP contribution in [-0.4, -0.2) is 56.8 Å². The third kappa shape index (κ3) is 10.1. The van der Waals surface area contributed by atoms with Crippen molar-refractivity contribution in [3.8, 4) is 0 Å². The number of nitrogens with two attached hydrogens (primary N) is 1. The van der Waals surface area contributed by atoms with Crippen LogP contribution >= 0.6 is 24.0 Å². The fourth-order valence-corrected chi connectivity index (χ4v) is 1.82. The molecule has 6 heteroatoms. The molecule has 1 saturated heterocycles. The van der Waals surface area contributed by atoms with Gasteiger partial charge in [0.1, 0.15) is 0 Å². The van der Waals surface area contributed by atoms with Crippen molar-refractivity contribution in [2.24, 2.45) is 10.7 Å². The van der Waals surface area contributed by atoms with E-state index in [0.717, 1.165) is 58.8 Å². The maximum atomic E-state index is 5.76. The van der Waals surface area contributed by atoms with Crippen LogP contribution in [0.5, 0.6) is 0 Å². The number of aliphatic imine (C=N–C) groups is 1. The van der Waals surface area contributed by atoms with Crippen molar-refractivity contribution < 1.29 is 4.74 Å². The fraction of sp³-hybridized carbons (Fsp3) is 0.769. The molecule has 0 aromatic rings. The Kier molecular flexibility index (Phi) is 12.5. The van der Waals surface area contributed by atoms with Gasteiger partial charge in [-0.15, -0.1) is 24.0 Å². The van der Waals surface area contributed by atoms with Crippen LogP contribution in [0.4, 0.5) is 0 Å². The van der Waals surface area contributed by atoms with E-state index < -0.39 is 0 Å². The van der Waals surface area contributed by atoms with Crippen LogP contribution in [0, 0.1) is 0 Å². The van der Waals surface area contributed by atoms with Gasteiger partial charge in [0, 0.05) is 32.7 Å². The molecule has 0 aliphatic carbocycles. The molecule has 1 heterocycles. The number of rotatable bonds is 7. The van der Waals surface area contributed by atoms with Crippen molar-refractivity contribution in [3.05, 3.63) is 12.2 Å². The molecule has 1 rings (SSSR count). The van der Waals surface area contributed by atoms with Gasteiger partial charge < -0.3 is 15.8 Å².